The van der Waals surface area contributed by atoms with Gasteiger partial charge in [0.25, 0.3) is 0 Å². The van der Waals surface area contributed by atoms with Crippen LogP contribution in [0.1, 0.15) is 32.6 Å². The second-order valence-corrected chi connectivity index (χ2v) is 12.5. The van der Waals surface area contributed by atoms with Gasteiger partial charge in [0, 0.05) is 31.2 Å². The predicted octanol–water partition coefficient (Wildman–Crippen LogP) is 1.94. The summed E-state index contributed by atoms with van der Waals surface area (Å²) in [6.45, 7) is 3.77. The Balaban J connectivity index is 1.26. The smallest absolute Gasteiger partial charge is 0.303 e. The van der Waals surface area contributed by atoms with Crippen molar-refractivity contribution in [1.82, 2.24) is 0 Å². The van der Waals surface area contributed by atoms with Gasteiger partial charge in [-0.05, 0) is 12.1 Å². The summed E-state index contributed by atoms with van der Waals surface area (Å²) in [6.07, 6.45) is -9.78. The summed E-state index contributed by atoms with van der Waals surface area (Å²) >= 11 is 0. The summed E-state index contributed by atoms with van der Waals surface area (Å²) in [5, 5.41) is 0. The van der Waals surface area contributed by atoms with E-state index in [1.54, 1.807) is 30.3 Å². The topological polar surface area (TPSA) is 151 Å². The zero-order valence-electron chi connectivity index (χ0n) is 24.8. The molecule has 0 radical (unpaired) electrons. The van der Waals surface area contributed by atoms with Gasteiger partial charge in [-0.25, -0.2) is 0 Å². The van der Waals surface area contributed by atoms with Crippen LogP contribution in [0.25, 0.3) is 0 Å². The highest BCUT2D eigenvalue weighted by Crippen LogP contribution is 2.41. The number of hydrogen-bond acceptors (Lipinski definition) is 13. The first-order valence-electron chi connectivity index (χ1n) is 14.6. The van der Waals surface area contributed by atoms with E-state index in [-0.39, 0.29) is 13.2 Å². The van der Waals surface area contributed by atoms with Gasteiger partial charge in [0.05, 0.1) is 24.0 Å². The molecule has 4 aliphatic rings. The third-order valence-electron chi connectivity index (χ3n) is 7.78. The maximum absolute atomic E-state index is 13.6. The van der Waals surface area contributed by atoms with E-state index in [9.17, 15) is 18.6 Å². The van der Waals surface area contributed by atoms with Crippen molar-refractivity contribution in [2.45, 2.75) is 92.5 Å². The van der Waals surface area contributed by atoms with E-state index in [1.165, 1.54) is 20.8 Å². The van der Waals surface area contributed by atoms with Crippen molar-refractivity contribution in [2.24, 2.45) is 0 Å². The number of ether oxygens (including phenoxy) is 9. The van der Waals surface area contributed by atoms with Crippen molar-refractivity contribution >= 4 is 28.7 Å². The molecule has 12 atom stereocenters. The lowest BCUT2D eigenvalue weighted by atomic mass is 9.96. The molecule has 0 spiro atoms. The molecule has 0 aromatic heterocycles. The average Bonchev–Trinajstić information content (AvgIpc) is 3.31. The molecule has 1 unspecified atom stereocenters. The van der Waals surface area contributed by atoms with Crippen LogP contribution in [0.4, 0.5) is 0 Å². The summed E-state index contributed by atoms with van der Waals surface area (Å²) in [5.74, 6) is -1.93. The summed E-state index contributed by atoms with van der Waals surface area (Å²) in [4.78, 5) is 37.3. The molecule has 13 nitrogen and oxygen atoms in total. The summed E-state index contributed by atoms with van der Waals surface area (Å²) in [5.41, 5.74) is -0.301. The number of rotatable bonds is 8. The Morgan fingerprint density at radius 2 is 1.27 bits per heavy atom. The molecule has 14 heteroatoms. The first-order chi connectivity index (χ1) is 21.7. The van der Waals surface area contributed by atoms with Crippen LogP contribution in [-0.4, -0.2) is 95.9 Å². The highest BCUT2D eigenvalue weighted by atomic mass is 32.2. The van der Waals surface area contributed by atoms with Crippen molar-refractivity contribution < 1.29 is 61.2 Å². The lowest BCUT2D eigenvalue weighted by Crippen LogP contribution is -2.66. The Labute approximate surface area is 261 Å². The number of carbonyl (C=O) groups excluding carboxylic acids is 3. The van der Waals surface area contributed by atoms with E-state index < -0.39 is 95.6 Å². The van der Waals surface area contributed by atoms with E-state index in [2.05, 4.69) is 0 Å². The predicted molar refractivity (Wildman–Crippen MR) is 151 cm³/mol. The molecule has 0 saturated carbocycles. The zero-order valence-corrected chi connectivity index (χ0v) is 25.6. The molecule has 4 aliphatic heterocycles. The zero-order chi connectivity index (χ0) is 31.7. The van der Waals surface area contributed by atoms with Gasteiger partial charge in [0.15, 0.2) is 36.3 Å². The molecule has 2 aromatic rings. The lowest BCUT2D eigenvalue weighted by molar-refractivity contribution is -0.373. The Bertz CT molecular complexity index is 1390. The molecule has 6 rings (SSSR count). The lowest BCUT2D eigenvalue weighted by Gasteiger charge is -2.49. The SMILES string of the molecule is CC(=O)O[C@@H]1[C@@H](OC(C)=O)[C@H](O[C@H]2[C@@H]3OC[C@H]2O[C@@H](S(=O)c2ccccc2)[C@@H]3OC(C)=O)O[C@@H]2CO[C@@H](c3ccccc3)O[C@@H]12. The minimum Gasteiger partial charge on any atom is -0.456 e. The fraction of sp³-hybridized carbons (Fsp3) is 0.516. The van der Waals surface area contributed by atoms with Gasteiger partial charge in [-0.2, -0.15) is 0 Å². The van der Waals surface area contributed by atoms with Crippen LogP contribution >= 0.6 is 0 Å². The maximum atomic E-state index is 13.6. The van der Waals surface area contributed by atoms with Gasteiger partial charge in [-0.15, -0.1) is 0 Å². The summed E-state index contributed by atoms with van der Waals surface area (Å²) in [7, 11) is -1.72. The minimum atomic E-state index is -1.72. The Kier molecular flexibility index (Phi) is 9.61. The molecule has 2 aromatic carbocycles. The van der Waals surface area contributed by atoms with Crippen LogP contribution < -0.4 is 0 Å². The third-order valence-corrected chi connectivity index (χ3v) is 9.32. The second-order valence-electron chi connectivity index (χ2n) is 11.0. The van der Waals surface area contributed by atoms with Crippen LogP contribution in [0.15, 0.2) is 65.6 Å². The van der Waals surface area contributed by atoms with Crippen LogP contribution in [0, 0.1) is 0 Å². The van der Waals surface area contributed by atoms with Crippen molar-refractivity contribution in [2.75, 3.05) is 13.2 Å². The number of esters is 3. The maximum Gasteiger partial charge on any atom is 0.303 e. The standard InChI is InChI=1S/C31H34O13S/c1-16(32)38-26-24-21(15-37-29(43-24)19-10-6-4-7-11-19)41-30(27(26)39-17(2)33)44-23-22-14-36-25(23)28(40-18(3)34)31(42-22)45(35)20-12-8-5-9-13-20/h4-13,21-31H,14-15H2,1-3H3/t21-,22-,23-,24-,25+,26+,27-,28-,29-,30+,31+,45?/m1/s1. The van der Waals surface area contributed by atoms with Gasteiger partial charge < -0.3 is 42.6 Å². The first kappa shape index (κ1) is 31.7. The van der Waals surface area contributed by atoms with Gasteiger partial charge in [0.2, 0.25) is 0 Å². The molecule has 45 heavy (non-hydrogen) atoms. The Morgan fingerprint density at radius 1 is 0.667 bits per heavy atom. The van der Waals surface area contributed by atoms with Crippen LogP contribution in [0.3, 0.4) is 0 Å². The molecule has 4 saturated heterocycles. The van der Waals surface area contributed by atoms with E-state index in [4.69, 9.17) is 42.6 Å². The third kappa shape index (κ3) is 6.82. The van der Waals surface area contributed by atoms with Crippen LogP contribution in [0.2, 0.25) is 0 Å². The quantitative estimate of drug-likeness (QED) is 0.304. The van der Waals surface area contributed by atoms with Crippen molar-refractivity contribution in [3.05, 3.63) is 66.2 Å². The number of hydrogen-bond donors (Lipinski definition) is 0. The molecule has 0 amide bonds. The molecule has 4 fully saturated rings. The molecule has 0 N–H and O–H groups in total. The number of fused-ring (bicyclic) bond motifs is 3. The van der Waals surface area contributed by atoms with Crippen molar-refractivity contribution in [1.29, 1.82) is 0 Å². The molecular formula is C31H34O13S. The van der Waals surface area contributed by atoms with Crippen molar-refractivity contribution in [3.8, 4) is 0 Å². The number of carbonyl (C=O) groups is 3. The highest BCUT2D eigenvalue weighted by Gasteiger charge is 2.60. The van der Waals surface area contributed by atoms with Gasteiger partial charge >= 0.3 is 17.9 Å². The van der Waals surface area contributed by atoms with E-state index in [1.807, 2.05) is 30.3 Å². The summed E-state index contributed by atoms with van der Waals surface area (Å²) in [6, 6.07) is 17.9. The van der Waals surface area contributed by atoms with E-state index in [0.717, 1.165) is 5.56 Å². The molecule has 0 aliphatic carbocycles. The highest BCUT2D eigenvalue weighted by molar-refractivity contribution is 7.85. The largest absolute Gasteiger partial charge is 0.456 e. The van der Waals surface area contributed by atoms with Gasteiger partial charge in [-0.3, -0.25) is 18.6 Å². The normalized spacial score (nSPS) is 36.3. The fourth-order valence-corrected chi connectivity index (χ4v) is 7.38. The van der Waals surface area contributed by atoms with E-state index >= 15 is 0 Å². The van der Waals surface area contributed by atoms with E-state index in [0.29, 0.717) is 4.90 Å². The molecular weight excluding hydrogens is 612 g/mol. The molecule has 4 heterocycles. The number of benzene rings is 2. The van der Waals surface area contributed by atoms with Gasteiger partial charge in [0.1, 0.15) is 30.5 Å². The second kappa shape index (κ2) is 13.6. The Hall–Kier alpha value is -3.24. The fourth-order valence-electron chi connectivity index (χ4n) is 5.98. The summed E-state index contributed by atoms with van der Waals surface area (Å²) < 4.78 is 67.5. The average molecular weight is 647 g/mol. The van der Waals surface area contributed by atoms with Gasteiger partial charge in [-0.1, -0.05) is 48.5 Å². The van der Waals surface area contributed by atoms with Crippen LogP contribution in [0.5, 0.6) is 0 Å². The minimum absolute atomic E-state index is 0.0466. The first-order valence-corrected chi connectivity index (χ1v) is 15.8. The monoisotopic (exact) mass is 646 g/mol. The molecule has 2 bridgehead atoms. The molecule has 242 valence electrons. The van der Waals surface area contributed by atoms with Crippen molar-refractivity contribution in [3.63, 3.8) is 0 Å². The van der Waals surface area contributed by atoms with Crippen LogP contribution in [-0.2, 0) is 67.8 Å². The Morgan fingerprint density at radius 3 is 1.93 bits per heavy atom.